The van der Waals surface area contributed by atoms with E-state index in [9.17, 15) is 0 Å². The molecule has 3 heterocycles. The van der Waals surface area contributed by atoms with Crippen LogP contribution in [0.15, 0.2) is 120 Å². The van der Waals surface area contributed by atoms with Crippen LogP contribution in [-0.4, -0.2) is 21.3 Å². The van der Waals surface area contributed by atoms with Gasteiger partial charge in [0, 0.05) is 38.5 Å². The fourth-order valence-electron chi connectivity index (χ4n) is 11.3. The Hall–Kier alpha value is -4.58. The zero-order valence-corrected chi connectivity index (χ0v) is 41.5. The number of fused-ring (bicyclic) bond motifs is 7. The second kappa shape index (κ2) is 15.6. The van der Waals surface area contributed by atoms with Crippen LogP contribution in [0.5, 0.6) is 0 Å². The number of benzene rings is 5. The molecular weight excluding hydrogens is 784 g/mol. The van der Waals surface area contributed by atoms with Crippen molar-refractivity contribution >= 4 is 73.9 Å². The van der Waals surface area contributed by atoms with Gasteiger partial charge in [-0.2, -0.15) is 0 Å². The average Bonchev–Trinajstić information content (AvgIpc) is 3.73. The molecule has 5 aromatic carbocycles. The van der Waals surface area contributed by atoms with Crippen LogP contribution in [-0.2, 0) is 17.3 Å². The van der Waals surface area contributed by atoms with E-state index in [-0.39, 0.29) is 17.5 Å². The predicted molar refractivity (Wildman–Crippen MR) is 278 cm³/mol. The molecule has 6 aromatic rings. The second-order valence-corrected chi connectivity index (χ2v) is 26.8. The van der Waals surface area contributed by atoms with Crippen LogP contribution in [0, 0.1) is 0 Å². The van der Waals surface area contributed by atoms with Crippen LogP contribution in [0.4, 0.5) is 17.1 Å². The van der Waals surface area contributed by atoms with Crippen LogP contribution in [0.1, 0.15) is 129 Å². The maximum Gasteiger partial charge on any atom is 0.256 e. The fraction of sp³-hybridized carbons (Fsp3) is 0.368. The maximum atomic E-state index is 4.14. The van der Waals surface area contributed by atoms with Gasteiger partial charge in [-0.05, 0) is 147 Å². The number of nitrogens with zero attached hydrogens (tertiary/aromatic N) is 1. The Morgan fingerprint density at radius 3 is 2.11 bits per heavy atom. The highest BCUT2D eigenvalue weighted by atomic mass is 32.1. The number of allylic oxidation sites excluding steroid dienone is 2. The summed E-state index contributed by atoms with van der Waals surface area (Å²) in [4.78, 5) is 2.79. The Kier molecular flexibility index (Phi) is 10.7. The van der Waals surface area contributed by atoms with Gasteiger partial charge >= 0.3 is 0 Å². The molecule has 0 atom stereocenters. The van der Waals surface area contributed by atoms with Gasteiger partial charge in [-0.25, -0.2) is 0 Å². The molecule has 9 rings (SSSR count). The van der Waals surface area contributed by atoms with Gasteiger partial charge in [0.15, 0.2) is 0 Å². The molecule has 62 heavy (non-hydrogen) atoms. The Morgan fingerprint density at radius 1 is 0.790 bits per heavy atom. The summed E-state index contributed by atoms with van der Waals surface area (Å²) in [6, 6.07) is 38.5. The van der Waals surface area contributed by atoms with E-state index >= 15 is 0 Å². The first-order chi connectivity index (χ1) is 29.4. The van der Waals surface area contributed by atoms with Crippen LogP contribution in [0.25, 0.3) is 21.2 Å². The van der Waals surface area contributed by atoms with Gasteiger partial charge < -0.3 is 10.2 Å². The molecule has 1 aromatic heterocycles. The summed E-state index contributed by atoms with van der Waals surface area (Å²) in [5.41, 5.74) is 19.7. The van der Waals surface area contributed by atoms with E-state index in [0.717, 1.165) is 18.7 Å². The van der Waals surface area contributed by atoms with Gasteiger partial charge in [0.05, 0.1) is 5.69 Å². The highest BCUT2D eigenvalue weighted by Crippen LogP contribution is 2.50. The topological polar surface area (TPSA) is 15.3 Å². The normalized spacial score (nSPS) is 17.8. The zero-order valence-electron chi connectivity index (χ0n) is 39.7. The number of hydrogen-bond donors (Lipinski definition) is 1. The lowest BCUT2D eigenvalue weighted by atomic mass is 9.37. The molecule has 0 unspecified atom stereocenters. The number of anilines is 3. The van der Waals surface area contributed by atoms with Crippen LogP contribution >= 0.6 is 11.3 Å². The molecule has 0 saturated heterocycles. The average molecular weight is 851 g/mol. The molecule has 0 fully saturated rings. The molecule has 318 valence electrons. The summed E-state index contributed by atoms with van der Waals surface area (Å²) in [6.45, 7) is 32.0. The minimum Gasteiger partial charge on any atom is -0.356 e. The van der Waals surface area contributed by atoms with Crippen molar-refractivity contribution in [1.82, 2.24) is 0 Å². The molecule has 1 aliphatic carbocycles. The molecular formula is C57H67BN2SSi. The third-order valence-electron chi connectivity index (χ3n) is 14.8. The lowest BCUT2D eigenvalue weighted by Gasteiger charge is -2.42. The fourth-order valence-corrected chi connectivity index (χ4v) is 16.1. The molecule has 0 spiro atoms. The first-order valence-electron chi connectivity index (χ1n) is 23.4. The summed E-state index contributed by atoms with van der Waals surface area (Å²) in [6.07, 6.45) is 5.87. The van der Waals surface area contributed by atoms with Crippen LogP contribution < -0.4 is 30.8 Å². The van der Waals surface area contributed by atoms with Crippen molar-refractivity contribution in [2.24, 2.45) is 0 Å². The van der Waals surface area contributed by atoms with Gasteiger partial charge in [0.25, 0.3) is 6.71 Å². The van der Waals surface area contributed by atoms with E-state index in [1.165, 1.54) is 100 Å². The van der Waals surface area contributed by atoms with Crippen molar-refractivity contribution in [2.45, 2.75) is 131 Å². The molecule has 5 heteroatoms. The summed E-state index contributed by atoms with van der Waals surface area (Å²) >= 11 is 2.05. The first kappa shape index (κ1) is 42.7. The maximum absolute atomic E-state index is 4.14. The zero-order chi connectivity index (χ0) is 44.0. The number of aryl methyl sites for hydroxylation is 1. The van der Waals surface area contributed by atoms with E-state index in [1.807, 2.05) is 0 Å². The summed E-state index contributed by atoms with van der Waals surface area (Å²) in [5.74, 6) is 0.904. The Balaban J connectivity index is 1.38. The molecule has 0 saturated carbocycles. The van der Waals surface area contributed by atoms with E-state index in [4.69, 9.17) is 0 Å². The van der Waals surface area contributed by atoms with Crippen LogP contribution in [0.3, 0.4) is 0 Å². The lowest BCUT2D eigenvalue weighted by molar-refractivity contribution is 0.332. The second-order valence-electron chi connectivity index (χ2n) is 21.4. The standard InChI is InChI=1S/C57H67BN2SSi/c1-14-38-22-24-39(25-23-38)58-48(49(30-35(2)3)59-40-26-27-41(36(4)5)44(31-40)37(6)7)34-60(50-20-17-19-43-42-18-15-16-21-52(42)62(12,13)54(43)50)53-45-32-46-47(33-51(45)61-55(53)58)57(10,11)29-28-56(46,8)9/h15-27,30-33,36-37,59H,14,28-29,34H2,1-13H3/b49-48-. The predicted octanol–water partition coefficient (Wildman–Crippen LogP) is 13.5. The first-order valence-corrected chi connectivity index (χ1v) is 27.2. The third kappa shape index (κ3) is 7.07. The van der Waals surface area contributed by atoms with Gasteiger partial charge in [-0.3, -0.25) is 0 Å². The van der Waals surface area contributed by atoms with E-state index in [1.54, 1.807) is 10.4 Å². The van der Waals surface area contributed by atoms with Crippen molar-refractivity contribution in [3.63, 3.8) is 0 Å². The lowest BCUT2D eigenvalue weighted by Crippen LogP contribution is -2.55. The van der Waals surface area contributed by atoms with E-state index in [0.29, 0.717) is 11.8 Å². The van der Waals surface area contributed by atoms with E-state index in [2.05, 4.69) is 214 Å². The van der Waals surface area contributed by atoms with Crippen LogP contribution in [0.2, 0.25) is 13.1 Å². The largest absolute Gasteiger partial charge is 0.356 e. The van der Waals surface area contributed by atoms with Gasteiger partial charge in [-0.15, -0.1) is 11.3 Å². The SMILES string of the molecule is CCc1ccc(B2/C(=C(/C=C(C)C)Nc3ccc(C(C)C)c(C(C)C)c3)CN(c3cccc4c3[Si](C)(C)c3ccccc3-4)c3c2sc2cc4c(cc32)C(C)(C)CCC4(C)C)cc1. The molecule has 3 aliphatic rings. The monoisotopic (exact) mass is 850 g/mol. The molecule has 2 nitrogen and oxygen atoms in total. The van der Waals surface area contributed by atoms with Gasteiger partial charge in [-0.1, -0.05) is 153 Å². The summed E-state index contributed by atoms with van der Waals surface area (Å²) in [7, 11) is -2.09. The molecule has 0 amide bonds. The van der Waals surface area contributed by atoms with Gasteiger partial charge in [0.1, 0.15) is 8.07 Å². The number of thiophene rings is 1. The molecule has 0 radical (unpaired) electrons. The molecule has 0 bridgehead atoms. The van der Waals surface area contributed by atoms with Crippen molar-refractivity contribution < 1.29 is 0 Å². The summed E-state index contributed by atoms with van der Waals surface area (Å²) in [5, 5.41) is 8.67. The van der Waals surface area contributed by atoms with Crippen molar-refractivity contribution in [2.75, 3.05) is 16.8 Å². The smallest absolute Gasteiger partial charge is 0.256 e. The minimum absolute atomic E-state index is 0.0828. The number of nitrogens with one attached hydrogen (secondary N) is 1. The van der Waals surface area contributed by atoms with Crippen molar-refractivity contribution in [3.8, 4) is 11.1 Å². The Morgan fingerprint density at radius 2 is 1.45 bits per heavy atom. The number of rotatable bonds is 8. The minimum atomic E-state index is -2.09. The summed E-state index contributed by atoms with van der Waals surface area (Å²) < 4.78 is 2.87. The highest BCUT2D eigenvalue weighted by molar-refractivity contribution is 7.32. The van der Waals surface area contributed by atoms with Gasteiger partial charge in [0.2, 0.25) is 0 Å². The third-order valence-corrected chi connectivity index (χ3v) is 19.6. The molecule has 1 N–H and O–H groups in total. The van der Waals surface area contributed by atoms with Crippen molar-refractivity contribution in [1.29, 1.82) is 0 Å². The highest BCUT2D eigenvalue weighted by Gasteiger charge is 2.45. The number of hydrogen-bond acceptors (Lipinski definition) is 3. The van der Waals surface area contributed by atoms with E-state index < -0.39 is 8.07 Å². The van der Waals surface area contributed by atoms with Crippen molar-refractivity contribution in [3.05, 3.63) is 148 Å². The quantitative estimate of drug-likeness (QED) is 0.154. The molecule has 2 aliphatic heterocycles. The Bertz CT molecular complexity index is 2790. The Labute approximate surface area is 378 Å².